The average Bonchev–Trinajstić information content (AvgIpc) is 3.03. The third kappa shape index (κ3) is 6.12. The van der Waals surface area contributed by atoms with Crippen LogP contribution in [0.1, 0.15) is 31.4 Å². The third-order valence-electron chi connectivity index (χ3n) is 6.17. The largest absolute Gasteiger partial charge is 0.419 e. The van der Waals surface area contributed by atoms with Gasteiger partial charge < -0.3 is 10.2 Å². The van der Waals surface area contributed by atoms with E-state index in [1.165, 1.54) is 12.3 Å². The van der Waals surface area contributed by atoms with Crippen molar-refractivity contribution in [3.05, 3.63) is 81.2 Å². The number of halogens is 5. The molecule has 2 atom stereocenters. The van der Waals surface area contributed by atoms with Crippen LogP contribution in [0.3, 0.4) is 0 Å². The Labute approximate surface area is 213 Å². The van der Waals surface area contributed by atoms with Crippen molar-refractivity contribution in [2.75, 3.05) is 18.0 Å². The SMILES string of the molecule is CC(C)C1NC2=C(CCN(c3ncccc3C(F)(F)F)C=C2)C(NCCc2ccc(Cl)c(Cl)c2)N1. The van der Waals surface area contributed by atoms with Crippen molar-refractivity contribution in [1.29, 1.82) is 0 Å². The van der Waals surface area contributed by atoms with E-state index in [-0.39, 0.29) is 18.1 Å². The topological polar surface area (TPSA) is 52.2 Å². The van der Waals surface area contributed by atoms with Crippen molar-refractivity contribution in [1.82, 2.24) is 20.9 Å². The van der Waals surface area contributed by atoms with E-state index in [0.717, 1.165) is 29.3 Å². The monoisotopic (exact) mass is 525 g/mol. The van der Waals surface area contributed by atoms with Gasteiger partial charge in [0.2, 0.25) is 0 Å². The quantitative estimate of drug-likeness (QED) is 0.450. The van der Waals surface area contributed by atoms with Gasteiger partial charge in [0.25, 0.3) is 0 Å². The van der Waals surface area contributed by atoms with Gasteiger partial charge in [-0.1, -0.05) is 43.1 Å². The van der Waals surface area contributed by atoms with E-state index in [2.05, 4.69) is 34.8 Å². The zero-order valence-corrected chi connectivity index (χ0v) is 21.0. The molecule has 2 aromatic rings. The Hall–Kier alpha value is -2.26. The molecule has 0 radical (unpaired) electrons. The van der Waals surface area contributed by atoms with Gasteiger partial charge >= 0.3 is 6.18 Å². The van der Waals surface area contributed by atoms with Crippen molar-refractivity contribution < 1.29 is 13.2 Å². The summed E-state index contributed by atoms with van der Waals surface area (Å²) in [5, 5.41) is 11.7. The van der Waals surface area contributed by atoms with Gasteiger partial charge in [-0.25, -0.2) is 4.98 Å². The maximum absolute atomic E-state index is 13.6. The van der Waals surface area contributed by atoms with Crippen LogP contribution < -0.4 is 20.9 Å². The summed E-state index contributed by atoms with van der Waals surface area (Å²) >= 11 is 12.2. The van der Waals surface area contributed by atoms with Crippen molar-refractivity contribution >= 4 is 29.0 Å². The molecule has 0 aliphatic carbocycles. The van der Waals surface area contributed by atoms with Crippen molar-refractivity contribution in [2.45, 2.75) is 45.2 Å². The molecule has 1 aromatic heterocycles. The standard InChI is InChI=1S/C25H28Cl2F3N5/c1-15(2)22-33-21-9-13-35(24-18(25(28,29)30)4-3-10-32-24)12-8-17(21)23(34-22)31-11-7-16-5-6-19(26)20(27)14-16/h3-6,9-10,13-15,22-23,31,33-34H,7-8,11-12H2,1-2H3. The minimum atomic E-state index is -4.48. The number of rotatable bonds is 6. The Morgan fingerprint density at radius 1 is 1.20 bits per heavy atom. The minimum Gasteiger partial charge on any atom is -0.369 e. The molecule has 35 heavy (non-hydrogen) atoms. The lowest BCUT2D eigenvalue weighted by Gasteiger charge is -2.38. The molecule has 0 spiro atoms. The number of benzene rings is 1. The number of pyridine rings is 1. The summed E-state index contributed by atoms with van der Waals surface area (Å²) in [6.07, 6.45) is 1.63. The predicted octanol–water partition coefficient (Wildman–Crippen LogP) is 5.72. The summed E-state index contributed by atoms with van der Waals surface area (Å²) in [5.41, 5.74) is 2.31. The number of anilines is 1. The fourth-order valence-corrected chi connectivity index (χ4v) is 4.59. The normalized spacial score (nSPS) is 20.6. The summed E-state index contributed by atoms with van der Waals surface area (Å²) in [7, 11) is 0. The Morgan fingerprint density at radius 2 is 2.00 bits per heavy atom. The summed E-state index contributed by atoms with van der Waals surface area (Å²) < 4.78 is 40.7. The molecule has 2 aliphatic rings. The Bertz CT molecular complexity index is 1120. The van der Waals surface area contributed by atoms with E-state index >= 15 is 0 Å². The molecule has 0 amide bonds. The number of nitrogens with one attached hydrogen (secondary N) is 3. The van der Waals surface area contributed by atoms with Crippen LogP contribution in [0.4, 0.5) is 19.0 Å². The van der Waals surface area contributed by atoms with E-state index in [4.69, 9.17) is 23.2 Å². The van der Waals surface area contributed by atoms with Gasteiger partial charge in [-0.05, 0) is 60.2 Å². The third-order valence-corrected chi connectivity index (χ3v) is 6.91. The second kappa shape index (κ2) is 10.8. The van der Waals surface area contributed by atoms with E-state index in [1.54, 1.807) is 17.2 Å². The highest BCUT2D eigenvalue weighted by Crippen LogP contribution is 2.36. The molecule has 0 saturated heterocycles. The smallest absolute Gasteiger partial charge is 0.369 e. The maximum atomic E-state index is 13.6. The fourth-order valence-electron chi connectivity index (χ4n) is 4.27. The molecule has 2 unspecified atom stereocenters. The molecule has 188 valence electrons. The van der Waals surface area contributed by atoms with Crippen LogP contribution in [0, 0.1) is 5.92 Å². The average molecular weight is 526 g/mol. The van der Waals surface area contributed by atoms with Crippen molar-refractivity contribution in [2.24, 2.45) is 5.92 Å². The van der Waals surface area contributed by atoms with Gasteiger partial charge in [0.1, 0.15) is 5.82 Å². The minimum absolute atomic E-state index is 0.00742. The zero-order chi connectivity index (χ0) is 25.2. The second-order valence-corrected chi connectivity index (χ2v) is 9.80. The molecule has 3 N–H and O–H groups in total. The first-order chi connectivity index (χ1) is 16.6. The van der Waals surface area contributed by atoms with E-state index in [9.17, 15) is 13.2 Å². The molecule has 0 fully saturated rings. The Balaban J connectivity index is 1.51. The lowest BCUT2D eigenvalue weighted by atomic mass is 10.00. The van der Waals surface area contributed by atoms with Crippen LogP contribution >= 0.6 is 23.2 Å². The van der Waals surface area contributed by atoms with Gasteiger partial charge in [-0.2, -0.15) is 13.2 Å². The lowest BCUT2D eigenvalue weighted by molar-refractivity contribution is -0.137. The number of alkyl halides is 3. The Kier molecular flexibility index (Phi) is 7.96. The number of allylic oxidation sites excluding steroid dienone is 1. The zero-order valence-electron chi connectivity index (χ0n) is 19.5. The van der Waals surface area contributed by atoms with Crippen LogP contribution in [-0.2, 0) is 12.6 Å². The molecule has 5 nitrogen and oxygen atoms in total. The summed E-state index contributed by atoms with van der Waals surface area (Å²) in [5.74, 6) is 0.206. The highest BCUT2D eigenvalue weighted by molar-refractivity contribution is 6.42. The van der Waals surface area contributed by atoms with Gasteiger partial charge in [-0.3, -0.25) is 10.6 Å². The van der Waals surface area contributed by atoms with Crippen molar-refractivity contribution in [3.63, 3.8) is 0 Å². The summed E-state index contributed by atoms with van der Waals surface area (Å²) in [6.45, 7) is 5.28. The van der Waals surface area contributed by atoms with E-state index < -0.39 is 11.7 Å². The van der Waals surface area contributed by atoms with E-state index in [1.807, 2.05) is 18.2 Å². The van der Waals surface area contributed by atoms with Gasteiger partial charge in [0, 0.05) is 31.2 Å². The second-order valence-electron chi connectivity index (χ2n) is 8.99. The maximum Gasteiger partial charge on any atom is 0.419 e. The van der Waals surface area contributed by atoms with Gasteiger partial charge in [0.05, 0.1) is 27.9 Å². The highest BCUT2D eigenvalue weighted by atomic mass is 35.5. The molecule has 4 rings (SSSR count). The van der Waals surface area contributed by atoms with Gasteiger partial charge in [-0.15, -0.1) is 0 Å². The predicted molar refractivity (Wildman–Crippen MR) is 134 cm³/mol. The molecular formula is C25H28Cl2F3N5. The molecule has 10 heteroatoms. The number of nitrogens with zero attached hydrogens (tertiary/aromatic N) is 2. The first-order valence-corrected chi connectivity index (χ1v) is 12.3. The lowest BCUT2D eigenvalue weighted by Crippen LogP contribution is -2.60. The fraction of sp³-hybridized carbons (Fsp3) is 0.400. The number of hydrogen-bond donors (Lipinski definition) is 3. The number of aromatic nitrogens is 1. The van der Waals surface area contributed by atoms with Crippen LogP contribution in [-0.4, -0.2) is 30.4 Å². The van der Waals surface area contributed by atoms with Crippen LogP contribution in [0.15, 0.2) is 60.1 Å². The molecule has 0 bridgehead atoms. The molecular weight excluding hydrogens is 498 g/mol. The number of hydrogen-bond acceptors (Lipinski definition) is 5. The summed E-state index contributed by atoms with van der Waals surface area (Å²) in [6, 6.07) is 7.97. The van der Waals surface area contributed by atoms with Crippen molar-refractivity contribution in [3.8, 4) is 0 Å². The first kappa shape index (κ1) is 25.8. The summed E-state index contributed by atoms with van der Waals surface area (Å²) in [4.78, 5) is 5.62. The highest BCUT2D eigenvalue weighted by Gasteiger charge is 2.36. The van der Waals surface area contributed by atoms with Crippen LogP contribution in [0.5, 0.6) is 0 Å². The van der Waals surface area contributed by atoms with Gasteiger partial charge in [0.15, 0.2) is 0 Å². The molecule has 3 heterocycles. The molecule has 2 aliphatic heterocycles. The van der Waals surface area contributed by atoms with Crippen LogP contribution in [0.2, 0.25) is 10.0 Å². The molecule has 1 aromatic carbocycles. The Morgan fingerprint density at radius 3 is 2.71 bits per heavy atom. The first-order valence-electron chi connectivity index (χ1n) is 11.5. The van der Waals surface area contributed by atoms with E-state index in [0.29, 0.717) is 35.5 Å². The molecule has 0 saturated carbocycles. The van der Waals surface area contributed by atoms with Crippen LogP contribution in [0.25, 0.3) is 0 Å².